The minimum Gasteiger partial charge on any atom is -0.316 e. The zero-order valence-corrected chi connectivity index (χ0v) is 11.1. The van der Waals surface area contributed by atoms with Gasteiger partial charge in [-0.25, -0.2) is 4.39 Å². The zero-order valence-electron chi connectivity index (χ0n) is 10.4. The van der Waals surface area contributed by atoms with Gasteiger partial charge in [-0.3, -0.25) is 0 Å². The van der Waals surface area contributed by atoms with E-state index in [2.05, 4.69) is 19.2 Å². The Bertz CT molecular complexity index is 387. The maximum absolute atomic E-state index is 14.0. The molecule has 1 aromatic carbocycles. The molecule has 1 aliphatic carbocycles. The van der Waals surface area contributed by atoms with Gasteiger partial charge in [-0.1, -0.05) is 31.5 Å². The molecular formula is C14H19ClFN. The predicted molar refractivity (Wildman–Crippen MR) is 70.0 cm³/mol. The number of halogens is 2. The van der Waals surface area contributed by atoms with Crippen LogP contribution in [0, 0.1) is 11.7 Å². The lowest BCUT2D eigenvalue weighted by atomic mass is 9.92. The van der Waals surface area contributed by atoms with Crippen molar-refractivity contribution < 1.29 is 4.39 Å². The Kier molecular flexibility index (Phi) is 3.74. The van der Waals surface area contributed by atoms with Crippen molar-refractivity contribution in [2.75, 3.05) is 13.1 Å². The van der Waals surface area contributed by atoms with Crippen LogP contribution in [-0.2, 0) is 5.41 Å². The van der Waals surface area contributed by atoms with Gasteiger partial charge < -0.3 is 5.32 Å². The van der Waals surface area contributed by atoms with E-state index in [0.717, 1.165) is 25.9 Å². The highest BCUT2D eigenvalue weighted by atomic mass is 35.5. The van der Waals surface area contributed by atoms with E-state index in [-0.39, 0.29) is 11.2 Å². The van der Waals surface area contributed by atoms with Crippen LogP contribution >= 0.6 is 11.6 Å². The van der Waals surface area contributed by atoms with Gasteiger partial charge in [0.1, 0.15) is 5.82 Å². The van der Waals surface area contributed by atoms with E-state index in [9.17, 15) is 4.39 Å². The Labute approximate surface area is 107 Å². The van der Waals surface area contributed by atoms with Crippen LogP contribution in [0.1, 0.15) is 32.3 Å². The van der Waals surface area contributed by atoms with Crippen molar-refractivity contribution >= 4 is 11.6 Å². The predicted octanol–water partition coefficient (Wildman–Crippen LogP) is 3.76. The highest BCUT2D eigenvalue weighted by molar-refractivity contribution is 6.31. The highest BCUT2D eigenvalue weighted by Gasteiger charge is 2.54. The zero-order chi connectivity index (χ0) is 12.5. The summed E-state index contributed by atoms with van der Waals surface area (Å²) in [5.74, 6) is 0.335. The minimum absolute atomic E-state index is 0.0857. The summed E-state index contributed by atoms with van der Waals surface area (Å²) < 4.78 is 14.0. The topological polar surface area (TPSA) is 12.0 Å². The molecule has 1 N–H and O–H groups in total. The Morgan fingerprint density at radius 1 is 1.53 bits per heavy atom. The van der Waals surface area contributed by atoms with Crippen molar-refractivity contribution in [3.8, 4) is 0 Å². The monoisotopic (exact) mass is 255 g/mol. The molecule has 1 aromatic rings. The molecule has 1 fully saturated rings. The van der Waals surface area contributed by atoms with Crippen LogP contribution in [-0.4, -0.2) is 13.1 Å². The highest BCUT2D eigenvalue weighted by Crippen LogP contribution is 2.56. The second-order valence-electron chi connectivity index (χ2n) is 5.03. The van der Waals surface area contributed by atoms with Crippen molar-refractivity contribution in [1.82, 2.24) is 5.32 Å². The van der Waals surface area contributed by atoms with Gasteiger partial charge >= 0.3 is 0 Å². The summed E-state index contributed by atoms with van der Waals surface area (Å²) in [5, 5.41) is 3.96. The maximum atomic E-state index is 14.0. The Morgan fingerprint density at radius 3 is 2.76 bits per heavy atom. The van der Waals surface area contributed by atoms with Gasteiger partial charge in [0.15, 0.2) is 0 Å². The third-order valence-electron chi connectivity index (χ3n) is 3.78. The van der Waals surface area contributed by atoms with E-state index in [0.29, 0.717) is 16.5 Å². The van der Waals surface area contributed by atoms with Gasteiger partial charge in [0.2, 0.25) is 0 Å². The number of rotatable bonds is 5. The molecular weight excluding hydrogens is 237 g/mol. The van der Waals surface area contributed by atoms with Gasteiger partial charge in [-0.05, 0) is 37.4 Å². The molecule has 94 valence electrons. The van der Waals surface area contributed by atoms with Crippen molar-refractivity contribution in [3.05, 3.63) is 34.6 Å². The minimum atomic E-state index is -0.167. The summed E-state index contributed by atoms with van der Waals surface area (Å²) in [6.45, 7) is 6.09. The molecule has 1 nitrogen and oxygen atoms in total. The molecule has 0 heterocycles. The fourth-order valence-electron chi connectivity index (χ4n) is 2.63. The van der Waals surface area contributed by atoms with E-state index < -0.39 is 0 Å². The molecule has 0 spiro atoms. The normalized spacial score (nSPS) is 27.2. The van der Waals surface area contributed by atoms with E-state index in [4.69, 9.17) is 11.6 Å². The summed E-state index contributed by atoms with van der Waals surface area (Å²) in [6, 6.07) is 4.96. The van der Waals surface area contributed by atoms with Gasteiger partial charge in [0.25, 0.3) is 0 Å². The quantitative estimate of drug-likeness (QED) is 0.790. The molecule has 2 atom stereocenters. The lowest BCUT2D eigenvalue weighted by Gasteiger charge is -2.20. The smallest absolute Gasteiger partial charge is 0.128 e. The van der Waals surface area contributed by atoms with Gasteiger partial charge in [-0.2, -0.15) is 0 Å². The summed E-state index contributed by atoms with van der Waals surface area (Å²) >= 11 is 6.16. The van der Waals surface area contributed by atoms with Crippen LogP contribution < -0.4 is 5.32 Å². The second-order valence-corrected chi connectivity index (χ2v) is 5.44. The third kappa shape index (κ3) is 2.34. The van der Waals surface area contributed by atoms with Crippen molar-refractivity contribution in [3.63, 3.8) is 0 Å². The molecule has 2 unspecified atom stereocenters. The van der Waals surface area contributed by atoms with Crippen LogP contribution in [0.15, 0.2) is 18.2 Å². The van der Waals surface area contributed by atoms with Crippen LogP contribution in [0.5, 0.6) is 0 Å². The molecule has 17 heavy (non-hydrogen) atoms. The Balaban J connectivity index is 2.24. The van der Waals surface area contributed by atoms with E-state index in [1.54, 1.807) is 12.1 Å². The summed E-state index contributed by atoms with van der Waals surface area (Å²) in [4.78, 5) is 0. The largest absolute Gasteiger partial charge is 0.316 e. The molecule has 0 aliphatic heterocycles. The molecule has 1 saturated carbocycles. The van der Waals surface area contributed by atoms with Crippen LogP contribution in [0.2, 0.25) is 5.02 Å². The first-order chi connectivity index (χ1) is 8.12. The summed E-state index contributed by atoms with van der Waals surface area (Å²) in [5.41, 5.74) is 0.621. The van der Waals surface area contributed by atoms with Gasteiger partial charge in [0, 0.05) is 22.5 Å². The van der Waals surface area contributed by atoms with Gasteiger partial charge in [0.05, 0.1) is 0 Å². The molecule has 0 radical (unpaired) electrons. The van der Waals surface area contributed by atoms with Crippen molar-refractivity contribution in [2.45, 2.75) is 32.1 Å². The number of hydrogen-bond acceptors (Lipinski definition) is 1. The third-order valence-corrected chi connectivity index (χ3v) is 4.10. The Morgan fingerprint density at radius 2 is 2.24 bits per heavy atom. The molecule has 3 heteroatoms. The number of benzene rings is 1. The fraction of sp³-hybridized carbons (Fsp3) is 0.571. The van der Waals surface area contributed by atoms with E-state index in [1.165, 1.54) is 6.07 Å². The van der Waals surface area contributed by atoms with Crippen molar-refractivity contribution in [2.24, 2.45) is 5.92 Å². The van der Waals surface area contributed by atoms with Crippen LogP contribution in [0.4, 0.5) is 4.39 Å². The molecule has 0 amide bonds. The Hall–Kier alpha value is -0.600. The molecule has 2 rings (SSSR count). The molecule has 0 aromatic heterocycles. The number of nitrogens with one attached hydrogen (secondary N) is 1. The molecule has 1 aliphatic rings. The first-order valence-electron chi connectivity index (χ1n) is 6.27. The van der Waals surface area contributed by atoms with E-state index >= 15 is 0 Å². The standard InChI is InChI=1S/C14H19ClFN/c1-3-7-17-9-14(8-10(14)2)13-11(15)5-4-6-12(13)16/h4-6,10,17H,3,7-9H2,1-2H3. The van der Waals surface area contributed by atoms with E-state index in [1.807, 2.05) is 0 Å². The maximum Gasteiger partial charge on any atom is 0.128 e. The number of hydrogen-bond donors (Lipinski definition) is 1. The summed E-state index contributed by atoms with van der Waals surface area (Å²) in [7, 11) is 0. The first kappa shape index (κ1) is 12.8. The average Bonchev–Trinajstić information content (AvgIpc) is 2.90. The lowest BCUT2D eigenvalue weighted by Crippen LogP contribution is -2.30. The summed E-state index contributed by atoms with van der Waals surface area (Å²) in [6.07, 6.45) is 2.11. The van der Waals surface area contributed by atoms with Gasteiger partial charge in [-0.15, -0.1) is 0 Å². The first-order valence-corrected chi connectivity index (χ1v) is 6.65. The van der Waals surface area contributed by atoms with Crippen LogP contribution in [0.3, 0.4) is 0 Å². The SMILES string of the molecule is CCCNCC1(c2c(F)cccc2Cl)CC1C. The average molecular weight is 256 g/mol. The lowest BCUT2D eigenvalue weighted by molar-refractivity contribution is 0.507. The molecule has 0 bridgehead atoms. The molecule has 0 saturated heterocycles. The second kappa shape index (κ2) is 4.95. The van der Waals surface area contributed by atoms with Crippen molar-refractivity contribution in [1.29, 1.82) is 0 Å². The fourth-order valence-corrected chi connectivity index (χ4v) is 2.98. The van der Waals surface area contributed by atoms with Crippen LogP contribution in [0.25, 0.3) is 0 Å².